The minimum Gasteiger partial charge on any atom is -0.493 e. The molecule has 0 unspecified atom stereocenters. The van der Waals surface area contributed by atoms with E-state index >= 15 is 0 Å². The van der Waals surface area contributed by atoms with Crippen molar-refractivity contribution in [3.05, 3.63) is 23.9 Å². The molecule has 6 nitrogen and oxygen atoms in total. The average Bonchev–Trinajstić information content (AvgIpc) is 2.60. The van der Waals surface area contributed by atoms with Crippen LogP contribution in [0.1, 0.15) is 18.4 Å². The minimum atomic E-state index is 0.236. The summed E-state index contributed by atoms with van der Waals surface area (Å²) in [7, 11) is 3.20. The maximum Gasteiger partial charge on any atom is 0.162 e. The summed E-state index contributed by atoms with van der Waals surface area (Å²) in [6, 6.07) is 6.23. The van der Waals surface area contributed by atoms with Crippen molar-refractivity contribution in [3.8, 4) is 17.6 Å². The highest BCUT2D eigenvalue weighted by Gasteiger charge is 2.22. The van der Waals surface area contributed by atoms with Gasteiger partial charge in [-0.05, 0) is 18.9 Å². The molecule has 0 aliphatic carbocycles. The van der Waals surface area contributed by atoms with E-state index in [2.05, 4.69) is 16.0 Å². The smallest absolute Gasteiger partial charge is 0.162 e. The van der Waals surface area contributed by atoms with E-state index in [4.69, 9.17) is 15.2 Å². The van der Waals surface area contributed by atoms with Crippen molar-refractivity contribution < 1.29 is 9.47 Å². The number of benzene rings is 1. The molecule has 2 aromatic rings. The van der Waals surface area contributed by atoms with Crippen LogP contribution in [0.5, 0.6) is 11.5 Å². The monoisotopic (exact) mass is 312 g/mol. The predicted octanol–water partition coefficient (Wildman–Crippen LogP) is 2.05. The van der Waals surface area contributed by atoms with Crippen molar-refractivity contribution in [1.29, 1.82) is 5.26 Å². The fourth-order valence-electron chi connectivity index (χ4n) is 3.05. The first-order chi connectivity index (χ1) is 11.2. The van der Waals surface area contributed by atoms with Gasteiger partial charge < -0.3 is 20.1 Å². The third-order valence-electron chi connectivity index (χ3n) is 4.32. The Morgan fingerprint density at radius 3 is 2.48 bits per heavy atom. The van der Waals surface area contributed by atoms with Crippen LogP contribution in [0.3, 0.4) is 0 Å². The van der Waals surface area contributed by atoms with Gasteiger partial charge in [0.25, 0.3) is 0 Å². The SMILES string of the molecule is COc1cc2ncc(C#N)c(N3CCC(N)CC3)c2cc1OC. The molecule has 1 aliphatic rings. The van der Waals surface area contributed by atoms with Crippen molar-refractivity contribution >= 4 is 16.6 Å². The number of hydrogen-bond donors (Lipinski definition) is 1. The van der Waals surface area contributed by atoms with Crippen molar-refractivity contribution in [1.82, 2.24) is 4.98 Å². The lowest BCUT2D eigenvalue weighted by Gasteiger charge is -2.33. The highest BCUT2D eigenvalue weighted by atomic mass is 16.5. The van der Waals surface area contributed by atoms with Gasteiger partial charge in [-0.2, -0.15) is 5.26 Å². The minimum absolute atomic E-state index is 0.236. The molecule has 0 spiro atoms. The summed E-state index contributed by atoms with van der Waals surface area (Å²) in [5.74, 6) is 1.26. The van der Waals surface area contributed by atoms with E-state index in [1.807, 2.05) is 12.1 Å². The number of aromatic nitrogens is 1. The van der Waals surface area contributed by atoms with Gasteiger partial charge in [0, 0.05) is 36.8 Å². The van der Waals surface area contributed by atoms with Gasteiger partial charge in [-0.3, -0.25) is 4.98 Å². The molecule has 1 fully saturated rings. The Labute approximate surface area is 135 Å². The number of nitriles is 1. The summed E-state index contributed by atoms with van der Waals surface area (Å²) >= 11 is 0. The number of nitrogens with two attached hydrogens (primary N) is 1. The van der Waals surface area contributed by atoms with Crippen molar-refractivity contribution in [2.24, 2.45) is 5.73 Å². The van der Waals surface area contributed by atoms with Gasteiger partial charge in [0.15, 0.2) is 11.5 Å². The molecule has 1 aromatic carbocycles. The van der Waals surface area contributed by atoms with Crippen LogP contribution in [0.15, 0.2) is 18.3 Å². The molecule has 0 atom stereocenters. The van der Waals surface area contributed by atoms with E-state index < -0.39 is 0 Å². The zero-order chi connectivity index (χ0) is 16.4. The average molecular weight is 312 g/mol. The maximum atomic E-state index is 9.49. The molecule has 0 saturated carbocycles. The molecule has 6 heteroatoms. The van der Waals surface area contributed by atoms with Crippen LogP contribution in [-0.2, 0) is 0 Å². The van der Waals surface area contributed by atoms with Crippen LogP contribution in [0.25, 0.3) is 10.9 Å². The zero-order valence-corrected chi connectivity index (χ0v) is 13.4. The number of anilines is 1. The fourth-order valence-corrected chi connectivity index (χ4v) is 3.05. The number of piperidine rings is 1. The van der Waals surface area contributed by atoms with Gasteiger partial charge in [0.2, 0.25) is 0 Å². The van der Waals surface area contributed by atoms with E-state index in [1.54, 1.807) is 20.4 Å². The van der Waals surface area contributed by atoms with Crippen LogP contribution in [-0.4, -0.2) is 38.3 Å². The first-order valence-electron chi connectivity index (χ1n) is 7.63. The van der Waals surface area contributed by atoms with Crippen molar-refractivity contribution in [3.63, 3.8) is 0 Å². The largest absolute Gasteiger partial charge is 0.493 e. The summed E-state index contributed by atoms with van der Waals surface area (Å²) < 4.78 is 10.7. The van der Waals surface area contributed by atoms with Crippen molar-refractivity contribution in [2.45, 2.75) is 18.9 Å². The summed E-state index contributed by atoms with van der Waals surface area (Å²) in [4.78, 5) is 6.62. The Morgan fingerprint density at radius 1 is 1.22 bits per heavy atom. The molecule has 2 N–H and O–H groups in total. The molecule has 23 heavy (non-hydrogen) atoms. The van der Waals surface area contributed by atoms with E-state index in [9.17, 15) is 5.26 Å². The third kappa shape index (κ3) is 2.76. The Bertz CT molecular complexity index is 761. The summed E-state index contributed by atoms with van der Waals surface area (Å²) in [5, 5.41) is 10.4. The number of nitrogens with zero attached hydrogens (tertiary/aromatic N) is 3. The predicted molar refractivity (Wildman–Crippen MR) is 89.0 cm³/mol. The number of methoxy groups -OCH3 is 2. The van der Waals surface area contributed by atoms with E-state index in [0.717, 1.165) is 42.5 Å². The first kappa shape index (κ1) is 15.4. The van der Waals surface area contributed by atoms with Gasteiger partial charge >= 0.3 is 0 Å². The highest BCUT2D eigenvalue weighted by molar-refractivity contribution is 5.96. The standard InChI is InChI=1S/C17H20N4O2/c1-22-15-7-13-14(8-16(15)23-2)20-10-11(9-18)17(13)21-5-3-12(19)4-6-21/h7-8,10,12H,3-6,19H2,1-2H3. The third-order valence-corrected chi connectivity index (χ3v) is 4.32. The number of pyridine rings is 1. The maximum absolute atomic E-state index is 9.49. The molecule has 120 valence electrons. The molecular formula is C17H20N4O2. The molecule has 1 saturated heterocycles. The number of ether oxygens (including phenoxy) is 2. The van der Waals surface area contributed by atoms with Crippen LogP contribution in [0.2, 0.25) is 0 Å². The normalized spacial score (nSPS) is 15.5. The molecule has 0 bridgehead atoms. The van der Waals surface area contributed by atoms with Gasteiger partial charge in [-0.15, -0.1) is 0 Å². The van der Waals surface area contributed by atoms with Crippen LogP contribution < -0.4 is 20.1 Å². The van der Waals surface area contributed by atoms with Crippen LogP contribution in [0, 0.1) is 11.3 Å². The molecule has 1 aliphatic heterocycles. The molecule has 0 amide bonds. The van der Waals surface area contributed by atoms with Crippen molar-refractivity contribution in [2.75, 3.05) is 32.2 Å². The quantitative estimate of drug-likeness (QED) is 0.933. The second-order valence-electron chi connectivity index (χ2n) is 5.68. The van der Waals surface area contributed by atoms with Gasteiger partial charge in [0.1, 0.15) is 6.07 Å². The zero-order valence-electron chi connectivity index (χ0n) is 13.4. The van der Waals surface area contributed by atoms with E-state index in [-0.39, 0.29) is 6.04 Å². The second-order valence-corrected chi connectivity index (χ2v) is 5.68. The highest BCUT2D eigenvalue weighted by Crippen LogP contribution is 2.38. The molecule has 2 heterocycles. The lowest BCUT2D eigenvalue weighted by Crippen LogP contribution is -2.40. The molecule has 0 radical (unpaired) electrons. The number of hydrogen-bond acceptors (Lipinski definition) is 6. The number of fused-ring (bicyclic) bond motifs is 1. The Hall–Kier alpha value is -2.52. The van der Waals surface area contributed by atoms with Crippen LogP contribution >= 0.6 is 0 Å². The van der Waals surface area contributed by atoms with E-state index in [1.165, 1.54) is 0 Å². The Kier molecular flexibility index (Phi) is 4.22. The van der Waals surface area contributed by atoms with E-state index in [0.29, 0.717) is 17.1 Å². The Balaban J connectivity index is 2.19. The van der Waals surface area contributed by atoms with Gasteiger partial charge in [-0.1, -0.05) is 0 Å². The lowest BCUT2D eigenvalue weighted by molar-refractivity contribution is 0.356. The summed E-state index contributed by atoms with van der Waals surface area (Å²) in [6.07, 6.45) is 3.46. The van der Waals surface area contributed by atoms with Gasteiger partial charge in [-0.25, -0.2) is 0 Å². The summed E-state index contributed by atoms with van der Waals surface area (Å²) in [6.45, 7) is 1.67. The lowest BCUT2D eigenvalue weighted by atomic mass is 10.0. The van der Waals surface area contributed by atoms with Gasteiger partial charge in [0.05, 0.1) is 31.0 Å². The summed E-state index contributed by atoms with van der Waals surface area (Å²) in [5.41, 5.74) is 8.26. The number of rotatable bonds is 3. The molecular weight excluding hydrogens is 292 g/mol. The first-order valence-corrected chi connectivity index (χ1v) is 7.63. The second kappa shape index (κ2) is 6.31. The van der Waals surface area contributed by atoms with Crippen LogP contribution in [0.4, 0.5) is 5.69 Å². The topological polar surface area (TPSA) is 84.4 Å². The fraction of sp³-hybridized carbons (Fsp3) is 0.412. The Morgan fingerprint density at radius 2 is 1.87 bits per heavy atom. The molecule has 3 rings (SSSR count). The molecule has 1 aromatic heterocycles.